The molecule has 1 aromatic carbocycles. The average Bonchev–Trinajstić information content (AvgIpc) is 2.13. The summed E-state index contributed by atoms with van der Waals surface area (Å²) < 4.78 is 13.5. The highest BCUT2D eigenvalue weighted by molar-refractivity contribution is 5.81. The van der Waals surface area contributed by atoms with Crippen molar-refractivity contribution in [2.24, 2.45) is 0 Å². The predicted octanol–water partition coefficient (Wildman–Crippen LogP) is 2.87. The molecule has 0 radical (unpaired) electrons. The molecule has 0 aliphatic rings. The van der Waals surface area contributed by atoms with Crippen LogP contribution in [0.25, 0.3) is 0 Å². The summed E-state index contributed by atoms with van der Waals surface area (Å²) in [7, 11) is 0. The Morgan fingerprint density at radius 1 is 0.923 bits per heavy atom. The van der Waals surface area contributed by atoms with Gasteiger partial charge in [0.15, 0.2) is 6.29 Å². The van der Waals surface area contributed by atoms with Gasteiger partial charge >= 0.3 is 0 Å². The maximum absolute atomic E-state index is 13.5. The van der Waals surface area contributed by atoms with Crippen molar-refractivity contribution in [2.45, 2.75) is 27.7 Å². The highest BCUT2D eigenvalue weighted by atomic mass is 19.1. The molecule has 70 valence electrons. The first kappa shape index (κ1) is 9.90. The van der Waals surface area contributed by atoms with Crippen molar-refractivity contribution < 1.29 is 9.18 Å². The van der Waals surface area contributed by atoms with Crippen LogP contribution < -0.4 is 0 Å². The molecule has 0 fully saturated rings. The maximum atomic E-state index is 13.5. The van der Waals surface area contributed by atoms with Crippen molar-refractivity contribution in [3.63, 3.8) is 0 Å². The van der Waals surface area contributed by atoms with Gasteiger partial charge in [0.25, 0.3) is 0 Å². The Bertz CT molecular complexity index is 338. The van der Waals surface area contributed by atoms with E-state index < -0.39 is 0 Å². The summed E-state index contributed by atoms with van der Waals surface area (Å²) in [5.41, 5.74) is 3.26. The van der Waals surface area contributed by atoms with Gasteiger partial charge in [0.1, 0.15) is 5.82 Å². The van der Waals surface area contributed by atoms with E-state index in [1.165, 1.54) is 0 Å². The summed E-state index contributed by atoms with van der Waals surface area (Å²) in [6, 6.07) is 0. The molecule has 0 saturated heterocycles. The van der Waals surface area contributed by atoms with Crippen LogP contribution in [0.4, 0.5) is 4.39 Å². The van der Waals surface area contributed by atoms with Gasteiger partial charge in [-0.05, 0) is 49.9 Å². The standard InChI is InChI=1S/C11H13FO/c1-6-8(3)11(12)9(4)7(2)10(6)5-13/h5H,1-4H3. The molecule has 0 unspecified atom stereocenters. The van der Waals surface area contributed by atoms with Gasteiger partial charge < -0.3 is 0 Å². The van der Waals surface area contributed by atoms with E-state index in [4.69, 9.17) is 0 Å². The molecule has 0 saturated carbocycles. The van der Waals surface area contributed by atoms with Crippen molar-refractivity contribution >= 4 is 6.29 Å². The lowest BCUT2D eigenvalue weighted by Crippen LogP contribution is -2.02. The van der Waals surface area contributed by atoms with Crippen LogP contribution in [0.2, 0.25) is 0 Å². The van der Waals surface area contributed by atoms with Crippen molar-refractivity contribution in [3.05, 3.63) is 33.6 Å². The lowest BCUT2D eigenvalue weighted by Gasteiger charge is -2.11. The zero-order valence-electron chi connectivity index (χ0n) is 8.36. The van der Waals surface area contributed by atoms with Gasteiger partial charge in [0.2, 0.25) is 0 Å². The second-order valence-corrected chi connectivity index (χ2v) is 3.35. The summed E-state index contributed by atoms with van der Waals surface area (Å²) in [6.45, 7) is 6.94. The number of rotatable bonds is 1. The van der Waals surface area contributed by atoms with Crippen LogP contribution in [-0.2, 0) is 0 Å². The molecule has 1 rings (SSSR count). The number of benzene rings is 1. The summed E-state index contributed by atoms with van der Waals surface area (Å²) in [6.07, 6.45) is 0.796. The zero-order valence-corrected chi connectivity index (χ0v) is 8.36. The van der Waals surface area contributed by atoms with Crippen LogP contribution in [0, 0.1) is 33.5 Å². The van der Waals surface area contributed by atoms with E-state index in [0.29, 0.717) is 16.7 Å². The molecule has 0 N–H and O–H groups in total. The second-order valence-electron chi connectivity index (χ2n) is 3.35. The van der Waals surface area contributed by atoms with E-state index >= 15 is 0 Å². The molecular weight excluding hydrogens is 167 g/mol. The topological polar surface area (TPSA) is 17.1 Å². The fourth-order valence-corrected chi connectivity index (χ4v) is 1.47. The van der Waals surface area contributed by atoms with Gasteiger partial charge in [-0.15, -0.1) is 0 Å². The van der Waals surface area contributed by atoms with Crippen LogP contribution in [-0.4, -0.2) is 6.29 Å². The fraction of sp³-hybridized carbons (Fsp3) is 0.364. The third kappa shape index (κ3) is 1.37. The minimum absolute atomic E-state index is 0.194. The smallest absolute Gasteiger partial charge is 0.150 e. The molecule has 0 spiro atoms. The Morgan fingerprint density at radius 2 is 1.31 bits per heavy atom. The Hall–Kier alpha value is -1.18. The number of halogens is 1. The van der Waals surface area contributed by atoms with Crippen LogP contribution >= 0.6 is 0 Å². The van der Waals surface area contributed by atoms with Crippen molar-refractivity contribution in [1.29, 1.82) is 0 Å². The Balaban J connectivity index is 3.66. The van der Waals surface area contributed by atoms with Gasteiger partial charge in [0.05, 0.1) is 0 Å². The molecule has 0 bridgehead atoms. The van der Waals surface area contributed by atoms with E-state index in [-0.39, 0.29) is 5.82 Å². The summed E-state index contributed by atoms with van der Waals surface area (Å²) in [5.74, 6) is -0.194. The highest BCUT2D eigenvalue weighted by Crippen LogP contribution is 2.23. The molecule has 0 amide bonds. The van der Waals surface area contributed by atoms with Crippen LogP contribution in [0.15, 0.2) is 0 Å². The highest BCUT2D eigenvalue weighted by Gasteiger charge is 2.13. The monoisotopic (exact) mass is 180 g/mol. The molecule has 1 nitrogen and oxygen atoms in total. The van der Waals surface area contributed by atoms with Crippen LogP contribution in [0.5, 0.6) is 0 Å². The minimum atomic E-state index is -0.194. The third-order valence-corrected chi connectivity index (χ3v) is 2.71. The second kappa shape index (κ2) is 3.29. The Morgan fingerprint density at radius 3 is 1.62 bits per heavy atom. The first-order chi connectivity index (χ1) is 6.00. The van der Waals surface area contributed by atoms with Crippen LogP contribution in [0.1, 0.15) is 32.6 Å². The number of carbonyl (C=O) groups excluding carboxylic acids is 1. The van der Waals surface area contributed by atoms with Crippen molar-refractivity contribution in [1.82, 2.24) is 0 Å². The molecular formula is C11H13FO. The molecule has 0 aromatic heterocycles. The molecule has 2 heteroatoms. The van der Waals surface area contributed by atoms with Crippen molar-refractivity contribution in [2.75, 3.05) is 0 Å². The van der Waals surface area contributed by atoms with E-state index in [1.807, 2.05) is 0 Å². The Labute approximate surface area is 77.6 Å². The SMILES string of the molecule is Cc1c(C)c(C=O)c(C)c(C)c1F. The lowest BCUT2D eigenvalue weighted by molar-refractivity contribution is 0.112. The van der Waals surface area contributed by atoms with E-state index in [1.54, 1.807) is 27.7 Å². The molecule has 0 heterocycles. The molecule has 0 aliphatic carbocycles. The first-order valence-corrected chi connectivity index (χ1v) is 4.21. The van der Waals surface area contributed by atoms with Crippen LogP contribution in [0.3, 0.4) is 0 Å². The Kier molecular flexibility index (Phi) is 2.50. The fourth-order valence-electron chi connectivity index (χ4n) is 1.47. The lowest BCUT2D eigenvalue weighted by atomic mass is 9.94. The number of aldehydes is 1. The number of carbonyl (C=O) groups is 1. The molecule has 0 aliphatic heterocycles. The average molecular weight is 180 g/mol. The van der Waals surface area contributed by atoms with E-state index in [9.17, 15) is 9.18 Å². The summed E-state index contributed by atoms with van der Waals surface area (Å²) in [5, 5.41) is 0. The normalized spacial score (nSPS) is 10.2. The molecule has 1 aromatic rings. The van der Waals surface area contributed by atoms with Gasteiger partial charge in [-0.2, -0.15) is 0 Å². The minimum Gasteiger partial charge on any atom is -0.298 e. The first-order valence-electron chi connectivity index (χ1n) is 4.21. The van der Waals surface area contributed by atoms with Gasteiger partial charge in [-0.3, -0.25) is 4.79 Å². The summed E-state index contributed by atoms with van der Waals surface area (Å²) in [4.78, 5) is 10.7. The largest absolute Gasteiger partial charge is 0.298 e. The van der Waals surface area contributed by atoms with E-state index in [2.05, 4.69) is 0 Å². The van der Waals surface area contributed by atoms with Gasteiger partial charge in [-0.1, -0.05) is 0 Å². The number of hydrogen-bond donors (Lipinski definition) is 0. The number of hydrogen-bond acceptors (Lipinski definition) is 1. The molecule has 13 heavy (non-hydrogen) atoms. The molecule has 0 atom stereocenters. The predicted molar refractivity (Wildman–Crippen MR) is 50.7 cm³/mol. The van der Waals surface area contributed by atoms with E-state index in [0.717, 1.165) is 17.4 Å². The zero-order chi connectivity index (χ0) is 10.2. The van der Waals surface area contributed by atoms with Crippen molar-refractivity contribution in [3.8, 4) is 0 Å². The quantitative estimate of drug-likeness (QED) is 0.607. The summed E-state index contributed by atoms with van der Waals surface area (Å²) >= 11 is 0. The van der Waals surface area contributed by atoms with Gasteiger partial charge in [-0.25, -0.2) is 4.39 Å². The third-order valence-electron chi connectivity index (χ3n) is 2.71. The maximum Gasteiger partial charge on any atom is 0.150 e. The van der Waals surface area contributed by atoms with Gasteiger partial charge in [0, 0.05) is 5.56 Å².